The molecule has 0 bridgehead atoms. The van der Waals surface area contributed by atoms with Gasteiger partial charge in [0, 0.05) is 38.8 Å². The molecule has 22 heavy (non-hydrogen) atoms. The molecule has 1 aromatic rings. The number of fused-ring (bicyclic) bond motifs is 1. The van der Waals surface area contributed by atoms with Gasteiger partial charge in [0.15, 0.2) is 0 Å². The third-order valence-electron chi connectivity index (χ3n) is 4.14. The van der Waals surface area contributed by atoms with Crippen molar-refractivity contribution >= 4 is 6.09 Å². The summed E-state index contributed by atoms with van der Waals surface area (Å²) < 4.78 is 7.79. The van der Waals surface area contributed by atoms with Crippen molar-refractivity contribution < 1.29 is 9.53 Å². The average Bonchev–Trinajstić information content (AvgIpc) is 2.89. The Morgan fingerprint density at radius 3 is 2.91 bits per heavy atom. The quantitative estimate of drug-likeness (QED) is 0.863. The van der Waals surface area contributed by atoms with Gasteiger partial charge in [0.2, 0.25) is 0 Å². The molecule has 1 aromatic heterocycles. The Bertz CT molecular complexity index is 523. The summed E-state index contributed by atoms with van der Waals surface area (Å²) in [5.41, 5.74) is 0.509. The number of amides is 1. The predicted octanol–water partition coefficient (Wildman–Crippen LogP) is 2.10. The molecule has 3 rings (SSSR count). The number of nitrogens with one attached hydrogen (secondary N) is 1. The summed E-state index contributed by atoms with van der Waals surface area (Å²) in [5.74, 6) is 1.15. The summed E-state index contributed by atoms with van der Waals surface area (Å²) >= 11 is 0. The normalized spacial score (nSPS) is 22.3. The molecule has 1 fully saturated rings. The second-order valence-electron chi connectivity index (χ2n) is 7.13. The summed E-state index contributed by atoms with van der Waals surface area (Å²) in [6.45, 7) is 8.92. The van der Waals surface area contributed by atoms with Gasteiger partial charge < -0.3 is 14.6 Å². The maximum Gasteiger partial charge on any atom is 0.410 e. The van der Waals surface area contributed by atoms with Gasteiger partial charge in [-0.15, -0.1) is 0 Å². The van der Waals surface area contributed by atoms with Gasteiger partial charge in [-0.2, -0.15) is 0 Å². The number of ether oxygens (including phenoxy) is 1. The number of imidazole rings is 1. The van der Waals surface area contributed by atoms with Crippen molar-refractivity contribution in [1.82, 2.24) is 19.8 Å². The van der Waals surface area contributed by atoms with Crippen molar-refractivity contribution in [3.05, 3.63) is 17.7 Å². The van der Waals surface area contributed by atoms with E-state index in [1.807, 2.05) is 25.7 Å². The fourth-order valence-corrected chi connectivity index (χ4v) is 3.10. The lowest BCUT2D eigenvalue weighted by atomic mass is 10.1. The van der Waals surface area contributed by atoms with Gasteiger partial charge in [-0.1, -0.05) is 0 Å². The van der Waals surface area contributed by atoms with E-state index >= 15 is 0 Å². The fraction of sp³-hybridized carbons (Fsp3) is 0.750. The number of hydrogen-bond acceptors (Lipinski definition) is 4. The van der Waals surface area contributed by atoms with Crippen molar-refractivity contribution in [1.29, 1.82) is 0 Å². The van der Waals surface area contributed by atoms with E-state index in [9.17, 15) is 4.79 Å². The summed E-state index contributed by atoms with van der Waals surface area (Å²) in [5, 5.41) is 3.36. The molecule has 2 aliphatic heterocycles. The van der Waals surface area contributed by atoms with Gasteiger partial charge >= 0.3 is 6.09 Å². The lowest BCUT2D eigenvalue weighted by Gasteiger charge is -2.36. The highest BCUT2D eigenvalue weighted by atomic mass is 16.6. The standard InChI is InChI=1S/C16H26N4O2/c1-16(2,3)22-15(21)20-9-7-17-10-13(20)12-11-19-8-5-4-6-14(19)18-12/h11,13,17H,4-10H2,1-3H3. The van der Waals surface area contributed by atoms with E-state index in [0.717, 1.165) is 37.6 Å². The van der Waals surface area contributed by atoms with Crippen LogP contribution in [0.25, 0.3) is 0 Å². The molecule has 122 valence electrons. The number of piperazine rings is 1. The lowest BCUT2D eigenvalue weighted by molar-refractivity contribution is 0.0113. The second-order valence-corrected chi connectivity index (χ2v) is 7.13. The first-order valence-corrected chi connectivity index (χ1v) is 8.20. The van der Waals surface area contributed by atoms with Crippen LogP contribution in [0.5, 0.6) is 0 Å². The highest BCUT2D eigenvalue weighted by molar-refractivity contribution is 5.69. The first-order valence-electron chi connectivity index (χ1n) is 8.20. The molecule has 0 saturated carbocycles. The van der Waals surface area contributed by atoms with E-state index in [-0.39, 0.29) is 12.1 Å². The Balaban J connectivity index is 1.80. The number of aryl methyl sites for hydroxylation is 2. The molecule has 2 aliphatic rings. The van der Waals surface area contributed by atoms with Crippen LogP contribution in [0.2, 0.25) is 0 Å². The van der Waals surface area contributed by atoms with Gasteiger partial charge in [-0.25, -0.2) is 9.78 Å². The third kappa shape index (κ3) is 3.27. The molecule has 0 radical (unpaired) electrons. The molecule has 1 atom stereocenters. The zero-order chi connectivity index (χ0) is 15.7. The molecule has 6 nitrogen and oxygen atoms in total. The minimum absolute atomic E-state index is 0.0401. The predicted molar refractivity (Wildman–Crippen MR) is 83.7 cm³/mol. The summed E-state index contributed by atoms with van der Waals surface area (Å²) in [7, 11) is 0. The van der Waals surface area contributed by atoms with Crippen LogP contribution in [-0.4, -0.2) is 45.8 Å². The fourth-order valence-electron chi connectivity index (χ4n) is 3.10. The number of rotatable bonds is 1. The number of aromatic nitrogens is 2. The van der Waals surface area contributed by atoms with Crippen molar-refractivity contribution in [2.75, 3.05) is 19.6 Å². The lowest BCUT2D eigenvalue weighted by Crippen LogP contribution is -2.50. The molecule has 6 heteroatoms. The molecular formula is C16H26N4O2. The van der Waals surface area contributed by atoms with Gasteiger partial charge in [0.25, 0.3) is 0 Å². The first-order chi connectivity index (χ1) is 10.4. The molecule has 1 N–H and O–H groups in total. The zero-order valence-electron chi connectivity index (χ0n) is 13.8. The molecule has 1 amide bonds. The van der Waals surface area contributed by atoms with Crippen molar-refractivity contribution in [2.24, 2.45) is 0 Å². The molecule has 1 saturated heterocycles. The van der Waals surface area contributed by atoms with Gasteiger partial charge in [0.05, 0.1) is 11.7 Å². The molecule has 0 spiro atoms. The Hall–Kier alpha value is -1.56. The molecule has 1 unspecified atom stereocenters. The number of nitrogens with zero attached hydrogens (tertiary/aromatic N) is 3. The largest absolute Gasteiger partial charge is 0.444 e. The van der Waals surface area contributed by atoms with Crippen LogP contribution in [0, 0.1) is 0 Å². The third-order valence-corrected chi connectivity index (χ3v) is 4.14. The second kappa shape index (κ2) is 5.91. The van der Waals surface area contributed by atoms with E-state index < -0.39 is 5.60 Å². The highest BCUT2D eigenvalue weighted by Crippen LogP contribution is 2.26. The Morgan fingerprint density at radius 2 is 2.18 bits per heavy atom. The van der Waals surface area contributed by atoms with E-state index in [0.29, 0.717) is 6.54 Å². The Kier molecular flexibility index (Phi) is 4.12. The van der Waals surface area contributed by atoms with Gasteiger partial charge in [-0.3, -0.25) is 4.90 Å². The Labute approximate surface area is 131 Å². The smallest absolute Gasteiger partial charge is 0.410 e. The molecule has 0 aliphatic carbocycles. The van der Waals surface area contributed by atoms with Crippen LogP contribution in [0.3, 0.4) is 0 Å². The molecular weight excluding hydrogens is 280 g/mol. The number of hydrogen-bond donors (Lipinski definition) is 1. The first kappa shape index (κ1) is 15.3. The van der Waals surface area contributed by atoms with Crippen LogP contribution < -0.4 is 5.32 Å². The summed E-state index contributed by atoms with van der Waals surface area (Å²) in [6, 6.07) is -0.0401. The number of carbonyl (C=O) groups is 1. The van der Waals surface area contributed by atoms with Crippen LogP contribution in [0.1, 0.15) is 51.2 Å². The topological polar surface area (TPSA) is 59.4 Å². The van der Waals surface area contributed by atoms with E-state index in [2.05, 4.69) is 16.1 Å². The SMILES string of the molecule is CC(C)(C)OC(=O)N1CCNCC1c1cn2c(n1)CCCC2. The van der Waals surface area contributed by atoms with Gasteiger partial charge in [0.1, 0.15) is 11.4 Å². The van der Waals surface area contributed by atoms with Crippen LogP contribution in [0.4, 0.5) is 4.79 Å². The van der Waals surface area contributed by atoms with E-state index in [1.54, 1.807) is 0 Å². The monoisotopic (exact) mass is 306 g/mol. The zero-order valence-corrected chi connectivity index (χ0v) is 13.8. The van der Waals surface area contributed by atoms with Crippen molar-refractivity contribution in [2.45, 2.75) is 58.2 Å². The maximum atomic E-state index is 12.5. The van der Waals surface area contributed by atoms with Crippen LogP contribution in [-0.2, 0) is 17.7 Å². The molecule has 3 heterocycles. The summed E-state index contributed by atoms with van der Waals surface area (Å²) in [6.07, 6.45) is 5.32. The van der Waals surface area contributed by atoms with Crippen molar-refractivity contribution in [3.63, 3.8) is 0 Å². The Morgan fingerprint density at radius 1 is 1.36 bits per heavy atom. The van der Waals surface area contributed by atoms with Gasteiger partial charge in [-0.05, 0) is 33.6 Å². The minimum Gasteiger partial charge on any atom is -0.444 e. The average molecular weight is 306 g/mol. The van der Waals surface area contributed by atoms with Crippen molar-refractivity contribution in [3.8, 4) is 0 Å². The highest BCUT2D eigenvalue weighted by Gasteiger charge is 2.33. The summed E-state index contributed by atoms with van der Waals surface area (Å²) in [4.78, 5) is 19.1. The number of carbonyl (C=O) groups excluding carboxylic acids is 1. The van der Waals surface area contributed by atoms with E-state index in [4.69, 9.17) is 9.72 Å². The minimum atomic E-state index is -0.472. The maximum absolute atomic E-state index is 12.5. The molecule has 0 aromatic carbocycles. The van der Waals surface area contributed by atoms with Crippen LogP contribution in [0.15, 0.2) is 6.20 Å². The van der Waals surface area contributed by atoms with E-state index in [1.165, 1.54) is 12.8 Å². The van der Waals surface area contributed by atoms with Crippen LogP contribution >= 0.6 is 0 Å².